The van der Waals surface area contributed by atoms with Crippen LogP contribution in [0.3, 0.4) is 0 Å². The van der Waals surface area contributed by atoms with Gasteiger partial charge in [0, 0.05) is 25.1 Å². The van der Waals surface area contributed by atoms with E-state index in [4.69, 9.17) is 16.6 Å². The van der Waals surface area contributed by atoms with E-state index in [-0.39, 0.29) is 0 Å². The monoisotopic (exact) mass is 295 g/mol. The second-order valence-electron chi connectivity index (χ2n) is 5.85. The van der Waals surface area contributed by atoms with Crippen molar-refractivity contribution in [2.45, 2.75) is 59.3 Å². The van der Waals surface area contributed by atoms with E-state index in [2.05, 4.69) is 23.7 Å². The summed E-state index contributed by atoms with van der Waals surface area (Å²) in [7, 11) is 0. The van der Waals surface area contributed by atoms with Crippen molar-refractivity contribution in [3.63, 3.8) is 0 Å². The van der Waals surface area contributed by atoms with Gasteiger partial charge in [0.05, 0.1) is 0 Å². The number of nitrogens with zero attached hydrogens (tertiary/aromatic N) is 3. The van der Waals surface area contributed by atoms with Crippen molar-refractivity contribution in [2.75, 3.05) is 18.0 Å². The van der Waals surface area contributed by atoms with Crippen LogP contribution in [0.1, 0.15) is 57.3 Å². The number of aromatic nitrogens is 2. The Labute approximate surface area is 127 Å². The van der Waals surface area contributed by atoms with Gasteiger partial charge in [-0.25, -0.2) is 9.97 Å². The van der Waals surface area contributed by atoms with E-state index in [9.17, 15) is 0 Å². The first-order valence-electron chi connectivity index (χ1n) is 7.93. The molecule has 1 aromatic rings. The quantitative estimate of drug-likeness (QED) is 0.754. The highest BCUT2D eigenvalue weighted by Crippen LogP contribution is 2.29. The Kier molecular flexibility index (Phi) is 5.64. The number of aryl methyl sites for hydroxylation is 1. The Morgan fingerprint density at radius 1 is 1.15 bits per heavy atom. The molecule has 1 aromatic heterocycles. The van der Waals surface area contributed by atoms with Crippen LogP contribution < -0.4 is 4.90 Å². The lowest BCUT2D eigenvalue weighted by Gasteiger charge is -2.33. The molecule has 2 heterocycles. The van der Waals surface area contributed by atoms with Crippen LogP contribution in [0, 0.1) is 12.8 Å². The molecule has 2 rings (SSSR count). The summed E-state index contributed by atoms with van der Waals surface area (Å²) in [5, 5.41) is 0.620. The van der Waals surface area contributed by atoms with Crippen LogP contribution in [0.2, 0.25) is 5.15 Å². The number of anilines is 1. The molecule has 0 N–H and O–H groups in total. The van der Waals surface area contributed by atoms with Crippen LogP contribution in [0.4, 0.5) is 5.82 Å². The fourth-order valence-corrected chi connectivity index (χ4v) is 3.19. The minimum Gasteiger partial charge on any atom is -0.356 e. The number of piperidine rings is 1. The number of halogens is 1. The fraction of sp³-hybridized carbons (Fsp3) is 0.750. The second kappa shape index (κ2) is 7.26. The molecule has 20 heavy (non-hydrogen) atoms. The van der Waals surface area contributed by atoms with Crippen molar-refractivity contribution < 1.29 is 0 Å². The maximum Gasteiger partial charge on any atom is 0.137 e. The molecular weight excluding hydrogens is 270 g/mol. The van der Waals surface area contributed by atoms with E-state index in [1.165, 1.54) is 25.7 Å². The molecule has 0 bridgehead atoms. The highest BCUT2D eigenvalue weighted by Gasteiger charge is 2.22. The molecule has 0 saturated carbocycles. The molecule has 0 spiro atoms. The minimum absolute atomic E-state index is 0.620. The van der Waals surface area contributed by atoms with E-state index in [1.54, 1.807) is 0 Å². The van der Waals surface area contributed by atoms with Crippen molar-refractivity contribution in [2.24, 2.45) is 5.92 Å². The molecule has 112 valence electrons. The summed E-state index contributed by atoms with van der Waals surface area (Å²) in [5.41, 5.74) is 1.03. The smallest absolute Gasteiger partial charge is 0.137 e. The summed E-state index contributed by atoms with van der Waals surface area (Å²) in [4.78, 5) is 11.5. The molecule has 0 aliphatic carbocycles. The van der Waals surface area contributed by atoms with Crippen LogP contribution in [-0.4, -0.2) is 23.1 Å². The van der Waals surface area contributed by atoms with Gasteiger partial charge in [-0.3, -0.25) is 0 Å². The molecule has 0 radical (unpaired) electrons. The van der Waals surface area contributed by atoms with E-state index < -0.39 is 0 Å². The maximum atomic E-state index is 6.27. The van der Waals surface area contributed by atoms with Gasteiger partial charge in [-0.05, 0) is 32.1 Å². The van der Waals surface area contributed by atoms with Crippen molar-refractivity contribution in [1.29, 1.82) is 0 Å². The Bertz CT molecular complexity index is 440. The zero-order valence-corrected chi connectivity index (χ0v) is 13.7. The zero-order valence-electron chi connectivity index (χ0n) is 13.0. The zero-order chi connectivity index (χ0) is 14.5. The Morgan fingerprint density at radius 3 is 2.45 bits per heavy atom. The van der Waals surface area contributed by atoms with Crippen LogP contribution >= 0.6 is 11.6 Å². The Morgan fingerprint density at radius 2 is 1.85 bits per heavy atom. The highest BCUT2D eigenvalue weighted by atomic mass is 35.5. The van der Waals surface area contributed by atoms with Crippen LogP contribution in [-0.2, 0) is 6.42 Å². The first-order valence-corrected chi connectivity index (χ1v) is 8.31. The SMILES string of the molecule is CCCc1nc(Cl)c(C)c(N2CCC(CCC)CC2)n1. The van der Waals surface area contributed by atoms with E-state index >= 15 is 0 Å². The Balaban J connectivity index is 2.12. The molecule has 0 amide bonds. The van der Waals surface area contributed by atoms with Gasteiger partial charge in [0.15, 0.2) is 0 Å². The van der Waals surface area contributed by atoms with Gasteiger partial charge in [-0.2, -0.15) is 0 Å². The van der Waals surface area contributed by atoms with Gasteiger partial charge in [-0.15, -0.1) is 0 Å². The molecule has 0 unspecified atom stereocenters. The third-order valence-corrected chi connectivity index (χ3v) is 4.56. The average molecular weight is 296 g/mol. The summed E-state index contributed by atoms with van der Waals surface area (Å²) >= 11 is 6.27. The molecule has 1 fully saturated rings. The summed E-state index contributed by atoms with van der Waals surface area (Å²) in [5.74, 6) is 2.83. The lowest BCUT2D eigenvalue weighted by Crippen LogP contribution is -2.35. The molecule has 3 nitrogen and oxygen atoms in total. The molecule has 0 atom stereocenters. The molecular formula is C16H26ClN3. The largest absolute Gasteiger partial charge is 0.356 e. The summed E-state index contributed by atoms with van der Waals surface area (Å²) in [6.07, 6.45) is 7.16. The first kappa shape index (κ1) is 15.6. The average Bonchev–Trinajstić information content (AvgIpc) is 2.44. The molecule has 4 heteroatoms. The van der Waals surface area contributed by atoms with Crippen LogP contribution in [0.25, 0.3) is 0 Å². The lowest BCUT2D eigenvalue weighted by molar-refractivity contribution is 0.377. The number of hydrogen-bond acceptors (Lipinski definition) is 3. The third-order valence-electron chi connectivity index (χ3n) is 4.19. The second-order valence-corrected chi connectivity index (χ2v) is 6.21. The van der Waals surface area contributed by atoms with Gasteiger partial charge < -0.3 is 4.90 Å². The molecule has 1 aliphatic rings. The van der Waals surface area contributed by atoms with Gasteiger partial charge in [0.2, 0.25) is 0 Å². The summed E-state index contributed by atoms with van der Waals surface area (Å²) in [6, 6.07) is 0. The van der Waals surface area contributed by atoms with Gasteiger partial charge in [-0.1, -0.05) is 38.3 Å². The normalized spacial score (nSPS) is 16.7. The third kappa shape index (κ3) is 3.63. The predicted molar refractivity (Wildman–Crippen MR) is 85.6 cm³/mol. The minimum atomic E-state index is 0.620. The van der Waals surface area contributed by atoms with Crippen molar-refractivity contribution in [1.82, 2.24) is 9.97 Å². The van der Waals surface area contributed by atoms with Gasteiger partial charge in [0.1, 0.15) is 16.8 Å². The Hall–Kier alpha value is -0.830. The topological polar surface area (TPSA) is 29.0 Å². The lowest BCUT2D eigenvalue weighted by atomic mass is 9.92. The van der Waals surface area contributed by atoms with Gasteiger partial charge in [0.25, 0.3) is 0 Å². The highest BCUT2D eigenvalue weighted by molar-refractivity contribution is 6.30. The van der Waals surface area contributed by atoms with E-state index in [0.717, 1.165) is 49.1 Å². The van der Waals surface area contributed by atoms with Crippen LogP contribution in [0.5, 0.6) is 0 Å². The summed E-state index contributed by atoms with van der Waals surface area (Å²) in [6.45, 7) is 8.66. The summed E-state index contributed by atoms with van der Waals surface area (Å²) < 4.78 is 0. The van der Waals surface area contributed by atoms with E-state index in [0.29, 0.717) is 5.15 Å². The van der Waals surface area contributed by atoms with Crippen LogP contribution in [0.15, 0.2) is 0 Å². The van der Waals surface area contributed by atoms with Crippen molar-refractivity contribution in [3.8, 4) is 0 Å². The number of rotatable bonds is 5. The first-order chi connectivity index (χ1) is 9.65. The predicted octanol–water partition coefficient (Wildman–Crippen LogP) is 4.41. The van der Waals surface area contributed by atoms with Crippen molar-refractivity contribution >= 4 is 17.4 Å². The van der Waals surface area contributed by atoms with Crippen molar-refractivity contribution in [3.05, 3.63) is 16.5 Å². The molecule has 0 aromatic carbocycles. The number of hydrogen-bond donors (Lipinski definition) is 0. The molecule has 1 aliphatic heterocycles. The maximum absolute atomic E-state index is 6.27. The van der Waals surface area contributed by atoms with Gasteiger partial charge >= 0.3 is 0 Å². The van der Waals surface area contributed by atoms with E-state index in [1.807, 2.05) is 6.92 Å². The fourth-order valence-electron chi connectivity index (χ4n) is 3.01. The standard InChI is InChI=1S/C16H26ClN3/c1-4-6-13-8-10-20(11-9-13)16-12(3)15(17)18-14(19-16)7-5-2/h13H,4-11H2,1-3H3. The molecule has 1 saturated heterocycles.